The summed E-state index contributed by atoms with van der Waals surface area (Å²) in [5.41, 5.74) is 4.02. The van der Waals surface area contributed by atoms with Crippen LogP contribution >= 0.6 is 15.9 Å². The van der Waals surface area contributed by atoms with Gasteiger partial charge in [0, 0.05) is 22.0 Å². The molecule has 54 heavy (non-hydrogen) atoms. The summed E-state index contributed by atoms with van der Waals surface area (Å²) in [7, 11) is 1.41. The van der Waals surface area contributed by atoms with Crippen molar-refractivity contribution < 1.29 is 44.0 Å². The van der Waals surface area contributed by atoms with Crippen molar-refractivity contribution in [1.82, 2.24) is 5.01 Å². The maximum Gasteiger partial charge on any atom is 0.339 e. The fraction of sp³-hybridized carbons (Fsp3) is 0.244. The first kappa shape index (κ1) is 35.1. The second-order valence-electron chi connectivity index (χ2n) is 14.2. The van der Waals surface area contributed by atoms with Gasteiger partial charge in [-0.3, -0.25) is 24.6 Å². The summed E-state index contributed by atoms with van der Waals surface area (Å²) in [5, 5.41) is 32.8. The summed E-state index contributed by atoms with van der Waals surface area (Å²) in [6.07, 6.45) is 2.00. The maximum atomic E-state index is 15.3. The van der Waals surface area contributed by atoms with E-state index in [2.05, 4.69) is 21.4 Å². The number of carboxylic acids is 1. The summed E-state index contributed by atoms with van der Waals surface area (Å²) >= 11 is 3.55. The number of allylic oxidation sites excluding steroid dienone is 2. The molecule has 2 saturated heterocycles. The Morgan fingerprint density at radius 2 is 1.63 bits per heavy atom. The minimum Gasteiger partial charge on any atom is -0.507 e. The number of phenolic OH excluding ortho intramolecular Hbond substituents is 1. The number of rotatable bonds is 7. The number of aryl methyl sites for hydroxylation is 1. The van der Waals surface area contributed by atoms with Gasteiger partial charge in [0.05, 0.1) is 41.7 Å². The Labute approximate surface area is 317 Å². The number of nitrogens with one attached hydrogen (secondary N) is 1. The van der Waals surface area contributed by atoms with Crippen LogP contribution in [0.3, 0.4) is 0 Å². The smallest absolute Gasteiger partial charge is 0.339 e. The zero-order valence-electron chi connectivity index (χ0n) is 29.0. The lowest BCUT2D eigenvalue weighted by Gasteiger charge is -2.50. The number of halogens is 1. The number of carboxylic acid groups (broad SMARTS) is 1. The average molecular weight is 793 g/mol. The molecule has 274 valence electrons. The molecule has 0 bridgehead atoms. The summed E-state index contributed by atoms with van der Waals surface area (Å²) in [5.74, 6) is -8.85. The van der Waals surface area contributed by atoms with Gasteiger partial charge in [0.15, 0.2) is 11.5 Å². The van der Waals surface area contributed by atoms with Gasteiger partial charge in [-0.05, 0) is 67.6 Å². The van der Waals surface area contributed by atoms with Gasteiger partial charge in [0.2, 0.25) is 11.8 Å². The van der Waals surface area contributed by atoms with Crippen LogP contribution in [0.15, 0.2) is 101 Å². The van der Waals surface area contributed by atoms with Crippen LogP contribution in [0.2, 0.25) is 0 Å². The quantitative estimate of drug-likeness (QED) is 0.127. The number of carbonyl (C=O) groups excluding carboxylic acids is 4. The van der Waals surface area contributed by atoms with Crippen molar-refractivity contribution in [2.24, 2.45) is 23.7 Å². The number of carbonyl (C=O) groups is 5. The van der Waals surface area contributed by atoms with Gasteiger partial charge in [-0.25, -0.2) is 9.69 Å². The van der Waals surface area contributed by atoms with Crippen molar-refractivity contribution in [3.8, 4) is 17.2 Å². The number of aromatic hydroxyl groups is 2. The number of aromatic carboxylic acids is 1. The number of ether oxygens (including phenoxy) is 1. The SMILES string of the molecule is COc1cc(Br)cc(C2C3=CCC4C(=O)N(c5ccc(C(=O)O)c(O)c5)C(=O)C4C3CC3C(=O)N(Nc4ccc(C)cc4)C(=O)C32c2ccccc2)c1O. The van der Waals surface area contributed by atoms with Crippen LogP contribution in [0.1, 0.15) is 45.8 Å². The minimum atomic E-state index is -1.61. The van der Waals surface area contributed by atoms with E-state index in [0.717, 1.165) is 27.6 Å². The van der Waals surface area contributed by atoms with Crippen molar-refractivity contribution in [3.05, 3.63) is 123 Å². The van der Waals surface area contributed by atoms with Crippen LogP contribution in [0.25, 0.3) is 0 Å². The van der Waals surface area contributed by atoms with E-state index in [1.807, 2.05) is 31.2 Å². The normalized spacial score (nSPS) is 25.9. The van der Waals surface area contributed by atoms with Crippen LogP contribution in [0.5, 0.6) is 17.2 Å². The van der Waals surface area contributed by atoms with E-state index in [-0.39, 0.29) is 35.6 Å². The van der Waals surface area contributed by atoms with Crippen LogP contribution in [-0.4, -0.2) is 57.0 Å². The van der Waals surface area contributed by atoms with Crippen molar-refractivity contribution >= 4 is 56.9 Å². The largest absolute Gasteiger partial charge is 0.507 e. The molecule has 0 spiro atoms. The number of hydrogen-bond acceptors (Lipinski definition) is 9. The molecule has 1 saturated carbocycles. The second kappa shape index (κ2) is 12.9. The second-order valence-corrected chi connectivity index (χ2v) is 15.1. The van der Waals surface area contributed by atoms with Gasteiger partial charge in [-0.1, -0.05) is 75.6 Å². The number of hydrazine groups is 1. The van der Waals surface area contributed by atoms with E-state index in [9.17, 15) is 34.5 Å². The van der Waals surface area contributed by atoms with Gasteiger partial charge >= 0.3 is 5.97 Å². The first-order valence-electron chi connectivity index (χ1n) is 17.4. The molecule has 6 atom stereocenters. The fourth-order valence-corrected chi connectivity index (χ4v) is 9.61. The number of nitrogens with zero attached hydrogens (tertiary/aromatic N) is 2. The molecule has 4 amide bonds. The number of imide groups is 2. The Bertz CT molecular complexity index is 2310. The molecule has 4 aliphatic rings. The highest BCUT2D eigenvalue weighted by molar-refractivity contribution is 9.10. The number of benzene rings is 4. The Hall–Kier alpha value is -5.95. The summed E-state index contributed by atoms with van der Waals surface area (Å²) in [6, 6.07) is 23.0. The standard InChI is InChI=1S/C41H34BrN3O9/c1-20-8-10-23(11-9-20)43-45-37(49)30-19-28-25(14-15-27-33(28)38(50)44(36(27)48)24-12-13-26(39(51)52)31(46)18-24)34(29-16-22(42)17-32(54-2)35(29)47)41(30,40(45)53)21-6-4-3-5-7-21/h3-14,16-18,27-28,30,33-34,43,46-47H,15,19H2,1-2H3,(H,51,52). The number of fused-ring (bicyclic) bond motifs is 4. The van der Waals surface area contributed by atoms with Crippen LogP contribution in [0.4, 0.5) is 11.4 Å². The molecule has 0 radical (unpaired) electrons. The zero-order chi connectivity index (χ0) is 38.2. The first-order valence-corrected chi connectivity index (χ1v) is 18.1. The molecule has 3 fully saturated rings. The molecule has 6 unspecified atom stereocenters. The Kier molecular flexibility index (Phi) is 8.36. The highest BCUT2D eigenvalue weighted by Crippen LogP contribution is 2.65. The zero-order valence-corrected chi connectivity index (χ0v) is 30.6. The van der Waals surface area contributed by atoms with Gasteiger partial charge < -0.3 is 20.1 Å². The average Bonchev–Trinajstić information content (AvgIpc) is 3.54. The van der Waals surface area contributed by atoms with E-state index in [1.54, 1.807) is 48.5 Å². The molecular formula is C41H34BrN3O9. The van der Waals surface area contributed by atoms with E-state index < -0.39 is 70.4 Å². The molecule has 0 aromatic heterocycles. The molecule has 12 nitrogen and oxygen atoms in total. The molecule has 8 rings (SSSR count). The fourth-order valence-electron chi connectivity index (χ4n) is 9.16. The number of amides is 4. The van der Waals surface area contributed by atoms with Gasteiger partial charge in [0.25, 0.3) is 11.8 Å². The Balaban J connectivity index is 1.33. The van der Waals surface area contributed by atoms with E-state index in [4.69, 9.17) is 4.74 Å². The third-order valence-electron chi connectivity index (χ3n) is 11.5. The molecular weight excluding hydrogens is 758 g/mol. The third kappa shape index (κ3) is 5.05. The topological polar surface area (TPSA) is 174 Å². The third-order valence-corrected chi connectivity index (χ3v) is 11.9. The van der Waals surface area contributed by atoms with E-state index in [1.165, 1.54) is 13.2 Å². The number of methoxy groups -OCH3 is 1. The highest BCUT2D eigenvalue weighted by Gasteiger charge is 2.70. The van der Waals surface area contributed by atoms with Crippen molar-refractivity contribution in [1.29, 1.82) is 0 Å². The van der Waals surface area contributed by atoms with Gasteiger partial charge in [0.1, 0.15) is 11.3 Å². The predicted molar refractivity (Wildman–Crippen MR) is 199 cm³/mol. The molecule has 4 aromatic carbocycles. The lowest BCUT2D eigenvalue weighted by molar-refractivity contribution is -0.138. The lowest BCUT2D eigenvalue weighted by Crippen LogP contribution is -2.53. The maximum absolute atomic E-state index is 15.3. The van der Waals surface area contributed by atoms with Crippen LogP contribution < -0.4 is 15.1 Å². The van der Waals surface area contributed by atoms with Crippen molar-refractivity contribution in [2.45, 2.75) is 31.1 Å². The van der Waals surface area contributed by atoms with Gasteiger partial charge in [-0.15, -0.1) is 0 Å². The summed E-state index contributed by atoms with van der Waals surface area (Å²) < 4.78 is 6.10. The molecule has 4 aromatic rings. The molecule has 2 heterocycles. The predicted octanol–water partition coefficient (Wildman–Crippen LogP) is 6.07. The number of anilines is 2. The van der Waals surface area contributed by atoms with Crippen molar-refractivity contribution in [2.75, 3.05) is 17.4 Å². The van der Waals surface area contributed by atoms with Crippen molar-refractivity contribution in [3.63, 3.8) is 0 Å². The van der Waals surface area contributed by atoms with Crippen LogP contribution in [0, 0.1) is 30.6 Å². The van der Waals surface area contributed by atoms with Gasteiger partial charge in [-0.2, -0.15) is 5.01 Å². The van der Waals surface area contributed by atoms with E-state index in [0.29, 0.717) is 26.9 Å². The number of phenols is 2. The lowest BCUT2D eigenvalue weighted by atomic mass is 9.49. The Morgan fingerprint density at radius 3 is 2.30 bits per heavy atom. The number of hydrogen-bond donors (Lipinski definition) is 4. The molecule has 2 aliphatic carbocycles. The molecule has 13 heteroatoms. The summed E-state index contributed by atoms with van der Waals surface area (Å²) in [4.78, 5) is 71.4. The van der Waals surface area contributed by atoms with E-state index >= 15 is 4.79 Å². The Morgan fingerprint density at radius 1 is 0.907 bits per heavy atom. The minimum absolute atomic E-state index is 0.0180. The summed E-state index contributed by atoms with van der Waals surface area (Å²) in [6.45, 7) is 1.92. The molecule has 2 aliphatic heterocycles. The molecule has 4 N–H and O–H groups in total. The highest BCUT2D eigenvalue weighted by atomic mass is 79.9. The monoisotopic (exact) mass is 791 g/mol. The first-order chi connectivity index (χ1) is 25.9. The van der Waals surface area contributed by atoms with Crippen LogP contribution in [-0.2, 0) is 24.6 Å².